The Balaban J connectivity index is 1.96. The molecule has 0 aromatic carbocycles. The minimum Gasteiger partial charge on any atom is -0.410 e. The molecule has 0 amide bonds. The van der Waals surface area contributed by atoms with E-state index in [9.17, 15) is 10.2 Å². The lowest BCUT2D eigenvalue weighted by atomic mass is 9.72. The molecule has 1 spiro atoms. The maximum absolute atomic E-state index is 11.0. The third-order valence-corrected chi connectivity index (χ3v) is 11.3. The maximum atomic E-state index is 11.0. The second kappa shape index (κ2) is 5.59. The molecule has 22 heavy (non-hydrogen) atoms. The molecule has 124 valence electrons. The van der Waals surface area contributed by atoms with Crippen molar-refractivity contribution in [3.63, 3.8) is 0 Å². The van der Waals surface area contributed by atoms with Crippen molar-refractivity contribution in [2.24, 2.45) is 11.3 Å². The normalized spacial score (nSPS) is 36.1. The number of aliphatic hydroxyl groups is 2. The highest BCUT2D eigenvalue weighted by atomic mass is 28.4. The van der Waals surface area contributed by atoms with Gasteiger partial charge in [0.15, 0.2) is 8.32 Å². The predicted molar refractivity (Wildman–Crippen MR) is 91.1 cm³/mol. The Morgan fingerprint density at radius 1 is 1.14 bits per heavy atom. The van der Waals surface area contributed by atoms with E-state index in [1.807, 2.05) is 12.2 Å². The quantitative estimate of drug-likeness (QED) is 0.602. The molecule has 2 N–H and O–H groups in total. The first-order valence-corrected chi connectivity index (χ1v) is 11.4. The molecule has 0 heterocycles. The SMILES string of the molecule is CC[Si](CC)(CC)O[C@@H]1[C@H](O)C2C=CC(O)C2=C(C)C12CC2. The Morgan fingerprint density at radius 3 is 2.23 bits per heavy atom. The van der Waals surface area contributed by atoms with E-state index < -0.39 is 20.5 Å². The van der Waals surface area contributed by atoms with Crippen molar-refractivity contribution in [2.45, 2.75) is 77.0 Å². The lowest BCUT2D eigenvalue weighted by molar-refractivity contribution is -0.0328. The van der Waals surface area contributed by atoms with Gasteiger partial charge < -0.3 is 14.6 Å². The molecule has 3 rings (SSSR count). The number of hydrogen-bond acceptors (Lipinski definition) is 3. The molecule has 0 bridgehead atoms. The van der Waals surface area contributed by atoms with Crippen LogP contribution in [0.3, 0.4) is 0 Å². The fourth-order valence-electron chi connectivity index (χ4n) is 4.66. The lowest BCUT2D eigenvalue weighted by Gasteiger charge is -2.46. The Labute approximate surface area is 135 Å². The van der Waals surface area contributed by atoms with Crippen LogP contribution >= 0.6 is 0 Å². The van der Waals surface area contributed by atoms with Crippen molar-refractivity contribution in [1.82, 2.24) is 0 Å². The van der Waals surface area contributed by atoms with Crippen LogP contribution in [0.1, 0.15) is 40.5 Å². The van der Waals surface area contributed by atoms with Gasteiger partial charge >= 0.3 is 0 Å². The minimum absolute atomic E-state index is 0.00396. The van der Waals surface area contributed by atoms with Gasteiger partial charge in [0, 0.05) is 11.3 Å². The summed E-state index contributed by atoms with van der Waals surface area (Å²) in [4.78, 5) is 0. The molecule has 0 aliphatic heterocycles. The Bertz CT molecular complexity index is 494. The van der Waals surface area contributed by atoms with Crippen molar-refractivity contribution in [2.75, 3.05) is 0 Å². The summed E-state index contributed by atoms with van der Waals surface area (Å²) in [7, 11) is -1.76. The van der Waals surface area contributed by atoms with Crippen molar-refractivity contribution >= 4 is 8.32 Å². The molecule has 0 aromatic heterocycles. The van der Waals surface area contributed by atoms with Crippen LogP contribution < -0.4 is 0 Å². The van der Waals surface area contributed by atoms with E-state index in [1.165, 1.54) is 5.57 Å². The molecule has 0 aromatic rings. The second-order valence-electron chi connectivity index (χ2n) is 7.36. The van der Waals surface area contributed by atoms with Gasteiger partial charge in [0.1, 0.15) is 0 Å². The number of aliphatic hydroxyl groups excluding tert-OH is 2. The smallest absolute Gasteiger partial charge is 0.192 e. The Kier molecular flexibility index (Phi) is 4.17. The van der Waals surface area contributed by atoms with E-state index in [-0.39, 0.29) is 17.4 Å². The van der Waals surface area contributed by atoms with Gasteiger partial charge in [-0.05, 0) is 43.5 Å². The zero-order valence-electron chi connectivity index (χ0n) is 14.3. The molecular formula is C18H30O3Si. The van der Waals surface area contributed by atoms with E-state index >= 15 is 0 Å². The van der Waals surface area contributed by atoms with Crippen LogP contribution in [0, 0.1) is 11.3 Å². The van der Waals surface area contributed by atoms with Crippen molar-refractivity contribution in [3.05, 3.63) is 23.3 Å². The molecule has 1 fully saturated rings. The Hall–Kier alpha value is -0.423. The average Bonchev–Trinajstić information content (AvgIpc) is 3.23. The summed E-state index contributed by atoms with van der Waals surface area (Å²) in [5.41, 5.74) is 2.33. The van der Waals surface area contributed by atoms with Crippen LogP contribution in [-0.4, -0.2) is 36.8 Å². The monoisotopic (exact) mass is 322 g/mol. The van der Waals surface area contributed by atoms with E-state index in [4.69, 9.17) is 4.43 Å². The third-order valence-electron chi connectivity index (χ3n) is 6.68. The number of fused-ring (bicyclic) bond motifs is 1. The summed E-state index contributed by atoms with van der Waals surface area (Å²) in [6.45, 7) is 8.87. The van der Waals surface area contributed by atoms with Crippen LogP contribution in [0.25, 0.3) is 0 Å². The largest absolute Gasteiger partial charge is 0.410 e. The van der Waals surface area contributed by atoms with Gasteiger partial charge in [-0.3, -0.25) is 0 Å². The molecule has 2 unspecified atom stereocenters. The van der Waals surface area contributed by atoms with Crippen molar-refractivity contribution < 1.29 is 14.6 Å². The average molecular weight is 323 g/mol. The van der Waals surface area contributed by atoms with Crippen LogP contribution in [0.2, 0.25) is 18.1 Å². The standard InChI is InChI=1S/C18H30O3Si/c1-5-22(6-2,7-3)21-17-16(20)13-8-9-14(19)15(13)12(4)18(17)10-11-18/h8-9,13-14,16-17,19-20H,5-7,10-11H2,1-4H3/t13?,14?,16-,17-/m1/s1. The molecule has 1 saturated carbocycles. The third kappa shape index (κ3) is 2.19. The van der Waals surface area contributed by atoms with E-state index in [2.05, 4.69) is 27.7 Å². The second-order valence-corrected chi connectivity index (χ2v) is 12.1. The number of hydrogen-bond donors (Lipinski definition) is 2. The molecule has 3 nitrogen and oxygen atoms in total. The zero-order valence-corrected chi connectivity index (χ0v) is 15.3. The van der Waals surface area contributed by atoms with E-state index in [0.29, 0.717) is 0 Å². The molecule has 4 heteroatoms. The summed E-state index contributed by atoms with van der Waals surface area (Å²) >= 11 is 0. The summed E-state index contributed by atoms with van der Waals surface area (Å²) in [5, 5.41) is 21.2. The first-order chi connectivity index (χ1) is 10.4. The summed E-state index contributed by atoms with van der Waals surface area (Å²) in [6, 6.07) is 3.33. The van der Waals surface area contributed by atoms with E-state index in [0.717, 1.165) is 36.5 Å². The highest BCUT2D eigenvalue weighted by Gasteiger charge is 2.61. The highest BCUT2D eigenvalue weighted by Crippen LogP contribution is 2.62. The van der Waals surface area contributed by atoms with Gasteiger partial charge in [0.2, 0.25) is 0 Å². The zero-order chi connectivity index (χ0) is 16.1. The lowest BCUT2D eigenvalue weighted by Crippen LogP contribution is -2.53. The van der Waals surface area contributed by atoms with Crippen LogP contribution in [0.15, 0.2) is 23.3 Å². The first-order valence-electron chi connectivity index (χ1n) is 8.88. The van der Waals surface area contributed by atoms with Crippen LogP contribution in [-0.2, 0) is 4.43 Å². The van der Waals surface area contributed by atoms with Gasteiger partial charge in [-0.2, -0.15) is 0 Å². The fraction of sp³-hybridized carbons (Fsp3) is 0.778. The van der Waals surface area contributed by atoms with Gasteiger partial charge in [0.25, 0.3) is 0 Å². The first kappa shape index (κ1) is 16.4. The summed E-state index contributed by atoms with van der Waals surface area (Å²) in [5.74, 6) is -0.0523. The molecular weight excluding hydrogens is 292 g/mol. The highest BCUT2D eigenvalue weighted by molar-refractivity contribution is 6.73. The summed E-state index contributed by atoms with van der Waals surface area (Å²) < 4.78 is 6.77. The molecule has 4 atom stereocenters. The molecule has 3 aliphatic rings. The van der Waals surface area contributed by atoms with Gasteiger partial charge in [-0.1, -0.05) is 38.5 Å². The van der Waals surface area contributed by atoms with Crippen LogP contribution in [0.5, 0.6) is 0 Å². The predicted octanol–water partition coefficient (Wildman–Crippen LogP) is 3.39. The topological polar surface area (TPSA) is 49.7 Å². The Morgan fingerprint density at radius 2 is 1.73 bits per heavy atom. The van der Waals surface area contributed by atoms with Gasteiger partial charge in [0.05, 0.1) is 18.3 Å². The van der Waals surface area contributed by atoms with Crippen molar-refractivity contribution in [3.8, 4) is 0 Å². The van der Waals surface area contributed by atoms with Crippen LogP contribution in [0.4, 0.5) is 0 Å². The minimum atomic E-state index is -1.76. The van der Waals surface area contributed by atoms with Gasteiger partial charge in [-0.25, -0.2) is 0 Å². The maximum Gasteiger partial charge on any atom is 0.192 e. The molecule has 3 aliphatic carbocycles. The molecule has 0 saturated heterocycles. The molecule has 0 radical (unpaired) electrons. The van der Waals surface area contributed by atoms with E-state index in [1.54, 1.807) is 0 Å². The number of rotatable bonds is 5. The summed E-state index contributed by atoms with van der Waals surface area (Å²) in [6.07, 6.45) is 4.88. The van der Waals surface area contributed by atoms with Gasteiger partial charge in [-0.15, -0.1) is 0 Å². The van der Waals surface area contributed by atoms with Crippen molar-refractivity contribution in [1.29, 1.82) is 0 Å². The fourth-order valence-corrected chi connectivity index (χ4v) is 7.56.